The molecule has 1 aromatic heterocycles. The van der Waals surface area contributed by atoms with E-state index >= 15 is 0 Å². The predicted octanol–water partition coefficient (Wildman–Crippen LogP) is 1.54. The summed E-state index contributed by atoms with van der Waals surface area (Å²) in [7, 11) is 0. The van der Waals surface area contributed by atoms with Crippen molar-refractivity contribution in [1.82, 2.24) is 20.0 Å². The van der Waals surface area contributed by atoms with Crippen LogP contribution < -0.4 is 5.32 Å². The van der Waals surface area contributed by atoms with Crippen LogP contribution in [0.2, 0.25) is 0 Å². The summed E-state index contributed by atoms with van der Waals surface area (Å²) in [4.78, 5) is 14.6. The van der Waals surface area contributed by atoms with E-state index in [2.05, 4.69) is 29.5 Å². The molecule has 1 aliphatic heterocycles. The molecule has 0 radical (unpaired) electrons. The van der Waals surface area contributed by atoms with Crippen molar-refractivity contribution in [3.05, 3.63) is 53.3 Å². The number of hydrogen-bond acceptors (Lipinski definition) is 3. The molecule has 1 N–H and O–H groups in total. The van der Waals surface area contributed by atoms with Crippen LogP contribution in [0, 0.1) is 0 Å². The molecule has 0 aliphatic carbocycles. The Morgan fingerprint density at radius 1 is 1.23 bits per heavy atom. The number of amides is 1. The molecule has 2 heterocycles. The number of carbonyl (C=O) groups is 1. The van der Waals surface area contributed by atoms with E-state index in [1.807, 2.05) is 27.8 Å². The molecule has 116 valence electrons. The zero-order valence-electron chi connectivity index (χ0n) is 13.0. The maximum Gasteiger partial charge on any atom is 0.257 e. The van der Waals surface area contributed by atoms with Crippen molar-refractivity contribution in [1.29, 1.82) is 0 Å². The molecule has 0 atom stereocenters. The zero-order valence-corrected chi connectivity index (χ0v) is 13.0. The smallest absolute Gasteiger partial charge is 0.257 e. The van der Waals surface area contributed by atoms with Gasteiger partial charge in [-0.05, 0) is 12.0 Å². The summed E-state index contributed by atoms with van der Waals surface area (Å²) in [5.74, 6) is 0.109. The average Bonchev–Trinajstić information content (AvgIpc) is 2.98. The molecule has 0 saturated carbocycles. The Morgan fingerprint density at radius 3 is 2.64 bits per heavy atom. The second kappa shape index (κ2) is 6.75. The van der Waals surface area contributed by atoms with Gasteiger partial charge in [0.15, 0.2) is 0 Å². The summed E-state index contributed by atoms with van der Waals surface area (Å²) >= 11 is 0. The summed E-state index contributed by atoms with van der Waals surface area (Å²) in [6.07, 6.45) is 2.53. The van der Waals surface area contributed by atoms with Crippen LogP contribution in [-0.2, 0) is 13.0 Å². The molecule has 0 spiro atoms. The molecule has 3 rings (SSSR count). The lowest BCUT2D eigenvalue weighted by atomic mass is 10.1. The fourth-order valence-electron chi connectivity index (χ4n) is 2.89. The van der Waals surface area contributed by atoms with Crippen LogP contribution in [0.3, 0.4) is 0 Å². The molecule has 1 amide bonds. The van der Waals surface area contributed by atoms with Crippen LogP contribution in [0.1, 0.15) is 28.5 Å². The molecule has 5 heteroatoms. The first kappa shape index (κ1) is 14.8. The standard InChI is InChI=1S/C17H22N4O/c1-2-16-15(17(22)20-10-8-18-9-11-20)12-19-21(16)13-14-6-4-3-5-7-14/h3-7,12,18H,2,8-11,13H2,1H3. The van der Waals surface area contributed by atoms with E-state index in [0.717, 1.165) is 43.9 Å². The van der Waals surface area contributed by atoms with E-state index in [1.54, 1.807) is 6.20 Å². The van der Waals surface area contributed by atoms with Crippen LogP contribution in [0.15, 0.2) is 36.5 Å². The number of nitrogens with zero attached hydrogens (tertiary/aromatic N) is 3. The van der Waals surface area contributed by atoms with Crippen molar-refractivity contribution in [3.63, 3.8) is 0 Å². The van der Waals surface area contributed by atoms with Gasteiger partial charge in [0.1, 0.15) is 0 Å². The topological polar surface area (TPSA) is 50.2 Å². The second-order valence-corrected chi connectivity index (χ2v) is 5.54. The van der Waals surface area contributed by atoms with Gasteiger partial charge < -0.3 is 10.2 Å². The molecule has 1 fully saturated rings. The van der Waals surface area contributed by atoms with E-state index in [0.29, 0.717) is 6.54 Å². The maximum atomic E-state index is 12.7. The van der Waals surface area contributed by atoms with E-state index < -0.39 is 0 Å². The third kappa shape index (κ3) is 3.04. The van der Waals surface area contributed by atoms with Gasteiger partial charge in [0.2, 0.25) is 0 Å². The molecule has 2 aromatic rings. The van der Waals surface area contributed by atoms with Crippen molar-refractivity contribution >= 4 is 5.91 Å². The number of carbonyl (C=O) groups excluding carboxylic acids is 1. The first-order valence-corrected chi connectivity index (χ1v) is 7.88. The van der Waals surface area contributed by atoms with Gasteiger partial charge in [-0.3, -0.25) is 9.48 Å². The molecule has 1 saturated heterocycles. The Labute approximate surface area is 130 Å². The lowest BCUT2D eigenvalue weighted by Gasteiger charge is -2.27. The maximum absolute atomic E-state index is 12.7. The van der Waals surface area contributed by atoms with E-state index in [1.165, 1.54) is 5.56 Å². The third-order valence-electron chi connectivity index (χ3n) is 4.09. The van der Waals surface area contributed by atoms with E-state index in [-0.39, 0.29) is 5.91 Å². The van der Waals surface area contributed by atoms with Gasteiger partial charge in [-0.15, -0.1) is 0 Å². The fourth-order valence-corrected chi connectivity index (χ4v) is 2.89. The monoisotopic (exact) mass is 298 g/mol. The largest absolute Gasteiger partial charge is 0.336 e. The quantitative estimate of drug-likeness (QED) is 0.931. The normalized spacial score (nSPS) is 15.0. The minimum Gasteiger partial charge on any atom is -0.336 e. The van der Waals surface area contributed by atoms with Gasteiger partial charge in [0.25, 0.3) is 5.91 Å². The van der Waals surface area contributed by atoms with Crippen LogP contribution in [0.25, 0.3) is 0 Å². The molecule has 0 unspecified atom stereocenters. The molecular formula is C17H22N4O. The highest BCUT2D eigenvalue weighted by Gasteiger charge is 2.23. The summed E-state index contributed by atoms with van der Waals surface area (Å²) in [6, 6.07) is 10.2. The minimum absolute atomic E-state index is 0.109. The molecule has 1 aromatic carbocycles. The first-order chi connectivity index (χ1) is 10.8. The summed E-state index contributed by atoms with van der Waals surface area (Å²) in [6.45, 7) is 6.06. The first-order valence-electron chi connectivity index (χ1n) is 7.88. The van der Waals surface area contributed by atoms with Crippen LogP contribution in [0.5, 0.6) is 0 Å². The van der Waals surface area contributed by atoms with E-state index in [9.17, 15) is 4.79 Å². The molecule has 0 bridgehead atoms. The number of rotatable bonds is 4. The highest BCUT2D eigenvalue weighted by Crippen LogP contribution is 2.15. The van der Waals surface area contributed by atoms with E-state index in [4.69, 9.17) is 0 Å². The lowest BCUT2D eigenvalue weighted by Crippen LogP contribution is -2.46. The van der Waals surface area contributed by atoms with Gasteiger partial charge in [-0.25, -0.2) is 0 Å². The summed E-state index contributed by atoms with van der Waals surface area (Å²) in [5, 5.41) is 7.72. The molecule has 22 heavy (non-hydrogen) atoms. The molecular weight excluding hydrogens is 276 g/mol. The lowest BCUT2D eigenvalue weighted by molar-refractivity contribution is 0.0734. The second-order valence-electron chi connectivity index (χ2n) is 5.54. The highest BCUT2D eigenvalue weighted by atomic mass is 16.2. The Kier molecular flexibility index (Phi) is 4.53. The van der Waals surface area contributed by atoms with Gasteiger partial charge in [-0.2, -0.15) is 5.10 Å². The number of piperazine rings is 1. The molecule has 1 aliphatic rings. The fraction of sp³-hybridized carbons (Fsp3) is 0.412. The van der Waals surface area contributed by atoms with Gasteiger partial charge in [0, 0.05) is 26.2 Å². The van der Waals surface area contributed by atoms with Gasteiger partial charge >= 0.3 is 0 Å². The Balaban J connectivity index is 1.82. The summed E-state index contributed by atoms with van der Waals surface area (Å²) < 4.78 is 1.95. The van der Waals surface area contributed by atoms with Crippen LogP contribution >= 0.6 is 0 Å². The Hall–Kier alpha value is -2.14. The SMILES string of the molecule is CCc1c(C(=O)N2CCNCC2)cnn1Cc1ccccc1. The van der Waals surface area contributed by atoms with Crippen molar-refractivity contribution in [2.45, 2.75) is 19.9 Å². The van der Waals surface area contributed by atoms with Crippen molar-refractivity contribution < 1.29 is 4.79 Å². The van der Waals surface area contributed by atoms with Gasteiger partial charge in [-0.1, -0.05) is 37.3 Å². The Bertz CT molecular complexity index is 629. The average molecular weight is 298 g/mol. The number of benzene rings is 1. The summed E-state index contributed by atoms with van der Waals surface area (Å²) in [5.41, 5.74) is 2.97. The molecule has 5 nitrogen and oxygen atoms in total. The number of nitrogens with one attached hydrogen (secondary N) is 1. The minimum atomic E-state index is 0.109. The number of aromatic nitrogens is 2. The van der Waals surface area contributed by atoms with Crippen LogP contribution in [0.4, 0.5) is 0 Å². The predicted molar refractivity (Wildman–Crippen MR) is 85.9 cm³/mol. The van der Waals surface area contributed by atoms with Crippen molar-refractivity contribution in [2.75, 3.05) is 26.2 Å². The van der Waals surface area contributed by atoms with Crippen molar-refractivity contribution in [2.24, 2.45) is 0 Å². The van der Waals surface area contributed by atoms with Crippen molar-refractivity contribution in [3.8, 4) is 0 Å². The Morgan fingerprint density at radius 2 is 1.95 bits per heavy atom. The highest BCUT2D eigenvalue weighted by molar-refractivity contribution is 5.95. The number of hydrogen-bond donors (Lipinski definition) is 1. The van der Waals surface area contributed by atoms with Gasteiger partial charge in [0.05, 0.1) is 24.0 Å². The van der Waals surface area contributed by atoms with Crippen LogP contribution in [-0.4, -0.2) is 46.8 Å². The zero-order chi connectivity index (χ0) is 15.4. The third-order valence-corrected chi connectivity index (χ3v) is 4.09.